The van der Waals surface area contributed by atoms with Gasteiger partial charge in [0, 0.05) is 18.4 Å². The second-order valence-corrected chi connectivity index (χ2v) is 3.82. The van der Waals surface area contributed by atoms with Crippen LogP contribution in [0.4, 0.5) is 0 Å². The largest absolute Gasteiger partial charge is 0.293 e. The zero-order valence-electron chi connectivity index (χ0n) is 6.92. The third-order valence-corrected chi connectivity index (χ3v) is 2.99. The molecule has 1 aromatic heterocycles. The Kier molecular flexibility index (Phi) is 0.953. The van der Waals surface area contributed by atoms with Crippen molar-refractivity contribution in [3.05, 3.63) is 17.0 Å². The topological polar surface area (TPSA) is 45.8 Å². The number of carbonyl (C=O) groups excluding carboxylic acids is 1. The van der Waals surface area contributed by atoms with Gasteiger partial charge in [-0.2, -0.15) is 5.10 Å². The summed E-state index contributed by atoms with van der Waals surface area (Å²) in [6.45, 7) is 1.59. The lowest BCUT2D eigenvalue weighted by atomic mass is 10.1. The molecular formula is C9H10N2O. The van der Waals surface area contributed by atoms with Crippen LogP contribution in [0.25, 0.3) is 0 Å². The molecule has 0 saturated heterocycles. The molecule has 2 unspecified atom stereocenters. The zero-order valence-corrected chi connectivity index (χ0v) is 6.92. The van der Waals surface area contributed by atoms with Crippen LogP contribution in [-0.4, -0.2) is 16.0 Å². The van der Waals surface area contributed by atoms with Crippen molar-refractivity contribution in [3.8, 4) is 0 Å². The van der Waals surface area contributed by atoms with Crippen molar-refractivity contribution < 1.29 is 4.79 Å². The molecule has 2 aliphatic carbocycles. The van der Waals surface area contributed by atoms with Gasteiger partial charge in [0.15, 0.2) is 5.78 Å². The van der Waals surface area contributed by atoms with E-state index in [0.29, 0.717) is 5.92 Å². The number of hydrogen-bond acceptors (Lipinski definition) is 2. The van der Waals surface area contributed by atoms with Gasteiger partial charge in [-0.1, -0.05) is 0 Å². The van der Waals surface area contributed by atoms with Crippen LogP contribution in [0.3, 0.4) is 0 Å². The van der Waals surface area contributed by atoms with Crippen molar-refractivity contribution in [1.82, 2.24) is 10.2 Å². The van der Waals surface area contributed by atoms with E-state index in [-0.39, 0.29) is 5.78 Å². The van der Waals surface area contributed by atoms with Gasteiger partial charge in [0.25, 0.3) is 0 Å². The molecule has 1 N–H and O–H groups in total. The number of carbonyl (C=O) groups is 1. The molecule has 1 fully saturated rings. The Morgan fingerprint density at radius 1 is 1.67 bits per heavy atom. The molecule has 3 nitrogen and oxygen atoms in total. The average molecular weight is 162 g/mol. The van der Waals surface area contributed by atoms with E-state index < -0.39 is 0 Å². The summed E-state index contributed by atoms with van der Waals surface area (Å²) in [4.78, 5) is 11.1. The number of hydrogen-bond donors (Lipinski definition) is 1. The minimum Gasteiger partial charge on any atom is -0.293 e. The maximum absolute atomic E-state index is 11.1. The minimum absolute atomic E-state index is 0.116. The maximum atomic E-state index is 11.1. The summed E-state index contributed by atoms with van der Waals surface area (Å²) in [5, 5.41) is 7.03. The molecule has 62 valence electrons. The van der Waals surface area contributed by atoms with Gasteiger partial charge in [0.1, 0.15) is 5.69 Å². The Morgan fingerprint density at radius 3 is 3.25 bits per heavy atom. The molecule has 1 saturated carbocycles. The maximum Gasteiger partial charge on any atom is 0.177 e. The van der Waals surface area contributed by atoms with E-state index in [1.54, 1.807) is 6.92 Å². The highest BCUT2D eigenvalue weighted by molar-refractivity contribution is 5.94. The second kappa shape index (κ2) is 1.79. The molecule has 2 atom stereocenters. The number of nitrogens with one attached hydrogen (secondary N) is 1. The number of aromatic amines is 1. The number of ketones is 1. The molecule has 0 radical (unpaired) electrons. The molecule has 12 heavy (non-hydrogen) atoms. The average Bonchev–Trinajstić information content (AvgIpc) is 2.54. The molecule has 0 amide bonds. The predicted octanol–water partition coefficient (Wildman–Crippen LogP) is 1.27. The Hall–Kier alpha value is -1.12. The highest BCUT2D eigenvalue weighted by Gasteiger charge is 2.48. The fourth-order valence-corrected chi connectivity index (χ4v) is 2.25. The molecule has 0 aliphatic heterocycles. The Bertz CT molecular complexity index is 367. The van der Waals surface area contributed by atoms with Crippen molar-refractivity contribution in [3.63, 3.8) is 0 Å². The van der Waals surface area contributed by atoms with Gasteiger partial charge in [-0.05, 0) is 18.8 Å². The highest BCUT2D eigenvalue weighted by atomic mass is 16.1. The summed E-state index contributed by atoms with van der Waals surface area (Å²) in [6, 6.07) is 0. The van der Waals surface area contributed by atoms with Gasteiger partial charge >= 0.3 is 0 Å². The van der Waals surface area contributed by atoms with Crippen molar-refractivity contribution >= 4 is 5.78 Å². The third-order valence-electron chi connectivity index (χ3n) is 2.99. The van der Waals surface area contributed by atoms with E-state index in [9.17, 15) is 4.79 Å². The smallest absolute Gasteiger partial charge is 0.177 e. The third kappa shape index (κ3) is 0.618. The van der Waals surface area contributed by atoms with Crippen LogP contribution in [0.1, 0.15) is 41.0 Å². The number of fused-ring (bicyclic) bond motifs is 3. The van der Waals surface area contributed by atoms with Crippen LogP contribution >= 0.6 is 0 Å². The molecule has 0 aromatic carbocycles. The van der Waals surface area contributed by atoms with Crippen LogP contribution in [0.15, 0.2) is 0 Å². The van der Waals surface area contributed by atoms with E-state index in [0.717, 1.165) is 18.0 Å². The molecule has 0 bridgehead atoms. The Labute approximate surface area is 70.2 Å². The number of H-pyrrole nitrogens is 1. The number of aromatic nitrogens is 2. The van der Waals surface area contributed by atoms with Crippen LogP contribution in [0.5, 0.6) is 0 Å². The van der Waals surface area contributed by atoms with Gasteiger partial charge in [0.05, 0.1) is 5.69 Å². The first kappa shape index (κ1) is 6.40. The summed E-state index contributed by atoms with van der Waals surface area (Å²) in [5.74, 6) is 1.62. The Morgan fingerprint density at radius 2 is 2.50 bits per heavy atom. The first-order valence-corrected chi connectivity index (χ1v) is 4.35. The second-order valence-electron chi connectivity index (χ2n) is 3.82. The monoisotopic (exact) mass is 162 g/mol. The van der Waals surface area contributed by atoms with Crippen molar-refractivity contribution in [2.75, 3.05) is 0 Å². The highest BCUT2D eigenvalue weighted by Crippen LogP contribution is 2.55. The van der Waals surface area contributed by atoms with Crippen LogP contribution in [-0.2, 0) is 6.42 Å². The summed E-state index contributed by atoms with van der Waals surface area (Å²) in [5.41, 5.74) is 3.12. The first-order valence-electron chi connectivity index (χ1n) is 4.35. The van der Waals surface area contributed by atoms with Gasteiger partial charge in [0.2, 0.25) is 0 Å². The number of rotatable bonds is 1. The molecule has 1 heterocycles. The van der Waals surface area contributed by atoms with E-state index in [4.69, 9.17) is 0 Å². The van der Waals surface area contributed by atoms with Crippen molar-refractivity contribution in [2.45, 2.75) is 25.7 Å². The van der Waals surface area contributed by atoms with Crippen LogP contribution in [0, 0.1) is 5.92 Å². The summed E-state index contributed by atoms with van der Waals surface area (Å²) in [7, 11) is 0. The number of nitrogens with zero attached hydrogens (tertiary/aromatic N) is 1. The SMILES string of the molecule is CC(=O)c1[nH]nc2c1CC1CC21. The lowest BCUT2D eigenvalue weighted by molar-refractivity contribution is 0.101. The molecule has 0 spiro atoms. The zero-order chi connectivity index (χ0) is 8.29. The molecular weight excluding hydrogens is 152 g/mol. The summed E-state index contributed by atoms with van der Waals surface area (Å²) < 4.78 is 0. The fraction of sp³-hybridized carbons (Fsp3) is 0.556. The predicted molar refractivity (Wildman–Crippen MR) is 43.1 cm³/mol. The van der Waals surface area contributed by atoms with Gasteiger partial charge < -0.3 is 0 Å². The Balaban J connectivity index is 2.14. The standard InChI is InChI=1S/C9H10N2O/c1-4(12)8-7-3-5-2-6(5)9(7)11-10-8/h5-6H,2-3H2,1H3,(H,10,11). The van der Waals surface area contributed by atoms with Crippen LogP contribution < -0.4 is 0 Å². The lowest BCUT2D eigenvalue weighted by Gasteiger charge is -1.94. The van der Waals surface area contributed by atoms with Gasteiger partial charge in [-0.15, -0.1) is 0 Å². The van der Waals surface area contributed by atoms with Crippen LogP contribution in [0.2, 0.25) is 0 Å². The van der Waals surface area contributed by atoms with E-state index >= 15 is 0 Å². The summed E-state index contributed by atoms with van der Waals surface area (Å²) in [6.07, 6.45) is 2.36. The summed E-state index contributed by atoms with van der Waals surface area (Å²) >= 11 is 0. The minimum atomic E-state index is 0.116. The molecule has 3 heteroatoms. The van der Waals surface area contributed by atoms with E-state index in [2.05, 4.69) is 10.2 Å². The van der Waals surface area contributed by atoms with Crippen molar-refractivity contribution in [2.24, 2.45) is 5.92 Å². The lowest BCUT2D eigenvalue weighted by Crippen LogP contribution is -1.97. The van der Waals surface area contributed by atoms with E-state index in [1.807, 2.05) is 0 Å². The van der Waals surface area contributed by atoms with Gasteiger partial charge in [-0.25, -0.2) is 0 Å². The first-order chi connectivity index (χ1) is 5.77. The number of Topliss-reactive ketones (excluding diaryl/α,β-unsaturated/α-hetero) is 1. The quantitative estimate of drug-likeness (QED) is 0.632. The fourth-order valence-electron chi connectivity index (χ4n) is 2.25. The van der Waals surface area contributed by atoms with Crippen molar-refractivity contribution in [1.29, 1.82) is 0 Å². The molecule has 3 rings (SSSR count). The van der Waals surface area contributed by atoms with E-state index in [1.165, 1.54) is 17.7 Å². The normalized spacial score (nSPS) is 29.8. The molecule has 2 aliphatic rings. The molecule has 1 aromatic rings. The van der Waals surface area contributed by atoms with Gasteiger partial charge in [-0.3, -0.25) is 9.89 Å².